The van der Waals surface area contributed by atoms with Crippen molar-refractivity contribution in [2.24, 2.45) is 0 Å². The molecule has 0 amide bonds. The quantitative estimate of drug-likeness (QED) is 0.0278. The van der Waals surface area contributed by atoms with Crippen molar-refractivity contribution in [1.82, 2.24) is 0 Å². The highest BCUT2D eigenvalue weighted by Gasteiger charge is 2.10. The highest BCUT2D eigenvalue weighted by atomic mass is 32.2. The van der Waals surface area contributed by atoms with Gasteiger partial charge in [-0.1, -0.05) is 243 Å². The summed E-state index contributed by atoms with van der Waals surface area (Å²) in [5, 5.41) is 0.521. The molecule has 0 spiro atoms. The van der Waals surface area contributed by atoms with Crippen LogP contribution in [0.3, 0.4) is 0 Å². The van der Waals surface area contributed by atoms with Gasteiger partial charge < -0.3 is 9.47 Å². The van der Waals surface area contributed by atoms with Gasteiger partial charge in [0.15, 0.2) is 5.12 Å². The Hall–Kier alpha value is -0.580. The molecular weight excluding hydrogens is 849 g/mol. The molecule has 0 aliphatic rings. The molecule has 0 heterocycles. The van der Waals surface area contributed by atoms with Gasteiger partial charge in [0.05, 0.1) is 26.1 Å². The highest BCUT2D eigenvalue weighted by Crippen LogP contribution is 2.18. The average Bonchev–Trinajstić information content (AvgIpc) is 3.26. The second kappa shape index (κ2) is 58.4. The molecule has 0 aliphatic carbocycles. The van der Waals surface area contributed by atoms with Gasteiger partial charge in [-0.05, 0) is 38.4 Å². The molecule has 0 N–H and O–H groups in total. The minimum Gasteiger partial charge on any atom is -0.466 e. The summed E-state index contributed by atoms with van der Waals surface area (Å²) in [5.74, 6) is 0.685. The van der Waals surface area contributed by atoms with E-state index in [2.05, 4.69) is 33.4 Å². The zero-order chi connectivity index (χ0) is 46.4. The monoisotopic (exact) mass is 949 g/mol. The third kappa shape index (κ3) is 59.4. The first-order valence-electron chi connectivity index (χ1n) is 25.5. The number of esters is 2. The first-order valence-corrected chi connectivity index (χ1v) is 29.7. The lowest BCUT2D eigenvalue weighted by molar-refractivity contribution is -0.144. The predicted molar refractivity (Wildman–Crippen MR) is 282 cm³/mol. The SMILES string of the molecule is C/C=C/C(=O)SCCC(=O)OCCCCCCCCCCCCCCCCCC.CCCCCCCCCCCCCCCCCCOC(=O)CCSC(=O)CC(C)SC.CS. The van der Waals surface area contributed by atoms with Crippen molar-refractivity contribution in [2.45, 2.75) is 258 Å². The zero-order valence-corrected chi connectivity index (χ0v) is 44.8. The van der Waals surface area contributed by atoms with E-state index >= 15 is 0 Å². The van der Waals surface area contributed by atoms with E-state index in [9.17, 15) is 19.2 Å². The number of allylic oxidation sites excluding steroid dienone is 1. The lowest BCUT2D eigenvalue weighted by Crippen LogP contribution is -2.09. The molecular formula is C52H100O6S4. The lowest BCUT2D eigenvalue weighted by atomic mass is 10.0. The van der Waals surface area contributed by atoms with Gasteiger partial charge in [0.25, 0.3) is 0 Å². The Morgan fingerprint density at radius 3 is 1.06 bits per heavy atom. The van der Waals surface area contributed by atoms with Crippen molar-refractivity contribution >= 4 is 70.1 Å². The molecule has 0 aromatic heterocycles. The third-order valence-electron chi connectivity index (χ3n) is 10.8. The van der Waals surface area contributed by atoms with Gasteiger partial charge in [-0.25, -0.2) is 0 Å². The van der Waals surface area contributed by atoms with Crippen LogP contribution < -0.4 is 0 Å². The number of ether oxygens (including phenoxy) is 2. The Bertz CT molecular complexity index is 979. The van der Waals surface area contributed by atoms with Crippen LogP contribution in [0, 0.1) is 0 Å². The highest BCUT2D eigenvalue weighted by molar-refractivity contribution is 8.14. The molecule has 6 nitrogen and oxygen atoms in total. The number of rotatable bonds is 44. The van der Waals surface area contributed by atoms with Crippen molar-refractivity contribution in [2.75, 3.05) is 37.2 Å². The minimum absolute atomic E-state index is 0.00175. The predicted octanol–water partition coefficient (Wildman–Crippen LogP) is 17.1. The first-order chi connectivity index (χ1) is 30.3. The Balaban J connectivity index is -0.00000108. The van der Waals surface area contributed by atoms with E-state index in [0.29, 0.717) is 49.2 Å². The van der Waals surface area contributed by atoms with Crippen molar-refractivity contribution in [3.63, 3.8) is 0 Å². The van der Waals surface area contributed by atoms with Crippen molar-refractivity contribution in [3.8, 4) is 0 Å². The Labute approximate surface area is 403 Å². The molecule has 0 saturated carbocycles. The summed E-state index contributed by atoms with van der Waals surface area (Å²) in [5.41, 5.74) is 0. The molecule has 1 unspecified atom stereocenters. The summed E-state index contributed by atoms with van der Waals surface area (Å²) in [7, 11) is 0. The second-order valence-corrected chi connectivity index (χ2v) is 20.2. The van der Waals surface area contributed by atoms with Crippen LogP contribution in [0.15, 0.2) is 12.2 Å². The molecule has 0 aliphatic heterocycles. The van der Waals surface area contributed by atoms with Gasteiger partial charge in [0.1, 0.15) is 0 Å². The maximum atomic E-state index is 11.7. The fraction of sp³-hybridized carbons (Fsp3) is 0.885. The number of carbonyl (C=O) groups is 4. The number of hydrogen-bond donors (Lipinski definition) is 1. The van der Waals surface area contributed by atoms with Crippen LogP contribution in [0.1, 0.15) is 252 Å². The minimum atomic E-state index is -0.188. The average molecular weight is 950 g/mol. The largest absolute Gasteiger partial charge is 0.466 e. The summed E-state index contributed by atoms with van der Waals surface area (Å²) < 4.78 is 10.5. The molecule has 0 bridgehead atoms. The molecule has 0 saturated heterocycles. The van der Waals surface area contributed by atoms with Crippen molar-refractivity contribution in [1.29, 1.82) is 0 Å². The van der Waals surface area contributed by atoms with Crippen LogP contribution in [-0.2, 0) is 28.7 Å². The van der Waals surface area contributed by atoms with E-state index in [0.717, 1.165) is 25.7 Å². The van der Waals surface area contributed by atoms with E-state index in [4.69, 9.17) is 9.47 Å². The van der Waals surface area contributed by atoms with Gasteiger partial charge in [-0.3, -0.25) is 19.2 Å². The van der Waals surface area contributed by atoms with Gasteiger partial charge in [0, 0.05) is 23.2 Å². The van der Waals surface area contributed by atoms with Gasteiger partial charge in [-0.2, -0.15) is 24.4 Å². The Kier molecular flexibility index (Phi) is 61.9. The van der Waals surface area contributed by atoms with Gasteiger partial charge in [0.2, 0.25) is 5.12 Å². The van der Waals surface area contributed by atoms with Crippen molar-refractivity contribution < 1.29 is 28.7 Å². The fourth-order valence-corrected chi connectivity index (χ4v) is 8.85. The lowest BCUT2D eigenvalue weighted by Gasteiger charge is -2.07. The van der Waals surface area contributed by atoms with Crippen LogP contribution in [0.2, 0.25) is 0 Å². The number of carbonyl (C=O) groups excluding carboxylic acids is 4. The normalized spacial score (nSPS) is 11.4. The van der Waals surface area contributed by atoms with Crippen LogP contribution in [0.4, 0.5) is 0 Å². The standard InChI is InChI=1S/C26H50O3S2.C25H46O3S.CH4S/c1-4-5-6-7-8-9-10-11-12-13-14-15-16-17-18-19-21-29-25(27)20-22-31-26(28)23-24(2)30-3;1-3-5-6-7-8-9-10-11-12-13-14-15-16-17-18-19-22-28-24(26)21-23-29-25(27)20-4-2;1-2/h24H,4-23H2,1-3H3;4,20H,3,5-19,21-23H2,1-2H3;2H,1H3/b;20-4+;. The van der Waals surface area contributed by atoms with E-state index in [1.54, 1.807) is 24.1 Å². The van der Waals surface area contributed by atoms with E-state index in [1.165, 1.54) is 209 Å². The topological polar surface area (TPSA) is 86.7 Å². The Morgan fingerprint density at radius 2 is 0.774 bits per heavy atom. The maximum absolute atomic E-state index is 11.7. The Morgan fingerprint density at radius 1 is 0.484 bits per heavy atom. The smallest absolute Gasteiger partial charge is 0.306 e. The molecule has 0 radical (unpaired) electrons. The summed E-state index contributed by atoms with van der Waals surface area (Å²) in [6.45, 7) is 9.46. The summed E-state index contributed by atoms with van der Waals surface area (Å²) >= 11 is 7.65. The maximum Gasteiger partial charge on any atom is 0.306 e. The van der Waals surface area contributed by atoms with E-state index in [1.807, 2.05) is 13.2 Å². The third-order valence-corrected chi connectivity index (χ3v) is 13.5. The van der Waals surface area contributed by atoms with Crippen LogP contribution in [0.25, 0.3) is 0 Å². The summed E-state index contributed by atoms with van der Waals surface area (Å²) in [6, 6.07) is 0. The molecule has 62 heavy (non-hydrogen) atoms. The first kappa shape index (κ1) is 65.7. The molecule has 368 valence electrons. The molecule has 0 aromatic rings. The number of unbranched alkanes of at least 4 members (excludes halogenated alkanes) is 30. The van der Waals surface area contributed by atoms with Crippen LogP contribution in [0.5, 0.6) is 0 Å². The van der Waals surface area contributed by atoms with Crippen LogP contribution in [-0.4, -0.2) is 64.7 Å². The number of thioether (sulfide) groups is 3. The van der Waals surface area contributed by atoms with Gasteiger partial charge in [-0.15, -0.1) is 0 Å². The van der Waals surface area contributed by atoms with E-state index in [-0.39, 0.29) is 22.2 Å². The zero-order valence-electron chi connectivity index (χ0n) is 41.4. The number of thiol groups is 1. The van der Waals surface area contributed by atoms with Gasteiger partial charge >= 0.3 is 11.9 Å². The number of hydrogen-bond acceptors (Lipinski definition) is 10. The summed E-state index contributed by atoms with van der Waals surface area (Å²) in [6.07, 6.45) is 51.1. The summed E-state index contributed by atoms with van der Waals surface area (Å²) in [4.78, 5) is 46.3. The van der Waals surface area contributed by atoms with Crippen LogP contribution >= 0.6 is 47.9 Å². The molecule has 10 heteroatoms. The molecule has 0 aromatic carbocycles. The molecule has 0 rings (SSSR count). The second-order valence-electron chi connectivity index (χ2n) is 16.7. The van der Waals surface area contributed by atoms with E-state index < -0.39 is 0 Å². The molecule has 0 fully saturated rings. The van der Waals surface area contributed by atoms with Crippen molar-refractivity contribution in [3.05, 3.63) is 12.2 Å². The fourth-order valence-electron chi connectivity index (χ4n) is 6.86. The molecule has 1 atom stereocenters.